The first-order valence-corrected chi connectivity index (χ1v) is 7.32. The molecule has 0 spiro atoms. The largest absolute Gasteiger partial charge is 0.444 e. The van der Waals surface area contributed by atoms with Crippen molar-refractivity contribution in [2.75, 3.05) is 0 Å². The number of hydrogen-bond donors (Lipinski definition) is 2. The smallest absolute Gasteiger partial charge is 0.407 e. The Morgan fingerprint density at radius 2 is 1.42 bits per heavy atom. The molecule has 0 unspecified atom stereocenters. The van der Waals surface area contributed by atoms with Gasteiger partial charge in [-0.25, -0.2) is 4.79 Å². The summed E-state index contributed by atoms with van der Waals surface area (Å²) in [7, 11) is 0. The van der Waals surface area contributed by atoms with Gasteiger partial charge in [0.05, 0.1) is 0 Å². The zero-order chi connectivity index (χ0) is 14.7. The highest BCUT2D eigenvalue weighted by Crippen LogP contribution is 2.21. The average Bonchev–Trinajstić information content (AvgIpc) is 2.15. The van der Waals surface area contributed by atoms with Gasteiger partial charge >= 0.3 is 6.09 Å². The molecule has 0 bridgehead atoms. The molecule has 0 aliphatic heterocycles. The van der Waals surface area contributed by atoms with E-state index in [1.807, 2.05) is 20.8 Å². The molecule has 112 valence electrons. The maximum absolute atomic E-state index is 11.7. The fraction of sp³-hybridized carbons (Fsp3) is 0.933. The summed E-state index contributed by atoms with van der Waals surface area (Å²) in [5.74, 6) is 0. The van der Waals surface area contributed by atoms with Gasteiger partial charge in [0.2, 0.25) is 0 Å². The summed E-state index contributed by atoms with van der Waals surface area (Å²) < 4.78 is 5.28. The maximum atomic E-state index is 11.7. The number of carbonyl (C=O) groups excluding carboxylic acids is 1. The number of carbonyl (C=O) groups is 1. The van der Waals surface area contributed by atoms with Gasteiger partial charge in [0.1, 0.15) is 5.60 Å². The van der Waals surface area contributed by atoms with Gasteiger partial charge in [0.25, 0.3) is 0 Å². The lowest BCUT2D eigenvalue weighted by molar-refractivity contribution is 0.0488. The van der Waals surface area contributed by atoms with Gasteiger partial charge in [0.15, 0.2) is 0 Å². The van der Waals surface area contributed by atoms with Crippen LogP contribution in [0.25, 0.3) is 0 Å². The number of ether oxygens (including phenoxy) is 1. The van der Waals surface area contributed by atoms with Crippen LogP contribution in [0.2, 0.25) is 0 Å². The second kappa shape index (κ2) is 6.12. The highest BCUT2D eigenvalue weighted by Gasteiger charge is 2.26. The third kappa shape index (κ3) is 7.41. The number of alkyl carbamates (subject to hydrolysis) is 1. The van der Waals surface area contributed by atoms with E-state index in [-0.39, 0.29) is 17.7 Å². The van der Waals surface area contributed by atoms with E-state index >= 15 is 0 Å². The first-order valence-electron chi connectivity index (χ1n) is 7.32. The molecule has 0 aromatic heterocycles. The Labute approximate surface area is 117 Å². The fourth-order valence-corrected chi connectivity index (χ4v) is 2.47. The lowest BCUT2D eigenvalue weighted by atomic mass is 9.89. The van der Waals surface area contributed by atoms with Crippen LogP contribution in [0.3, 0.4) is 0 Å². The Kier molecular flexibility index (Phi) is 5.25. The van der Waals surface area contributed by atoms with Crippen molar-refractivity contribution in [2.45, 2.75) is 90.4 Å². The molecule has 1 rings (SSSR count). The third-order valence-electron chi connectivity index (χ3n) is 3.09. The van der Waals surface area contributed by atoms with E-state index in [1.165, 1.54) is 0 Å². The molecule has 4 nitrogen and oxygen atoms in total. The van der Waals surface area contributed by atoms with Gasteiger partial charge in [-0.3, -0.25) is 0 Å². The van der Waals surface area contributed by atoms with Gasteiger partial charge in [-0.2, -0.15) is 0 Å². The monoisotopic (exact) mass is 270 g/mol. The minimum absolute atomic E-state index is 0.163. The van der Waals surface area contributed by atoms with E-state index in [0.717, 1.165) is 25.7 Å². The normalized spacial score (nSPS) is 24.9. The van der Waals surface area contributed by atoms with Crippen molar-refractivity contribution in [1.82, 2.24) is 10.6 Å². The first kappa shape index (κ1) is 16.3. The summed E-state index contributed by atoms with van der Waals surface area (Å²) in [6.07, 6.45) is 3.97. The van der Waals surface area contributed by atoms with Crippen LogP contribution >= 0.6 is 0 Å². The molecule has 4 heteroatoms. The molecular formula is C15H30N2O2. The average molecular weight is 270 g/mol. The van der Waals surface area contributed by atoms with Crippen LogP contribution in [0.15, 0.2) is 0 Å². The van der Waals surface area contributed by atoms with Crippen LogP contribution in [0.5, 0.6) is 0 Å². The highest BCUT2D eigenvalue weighted by molar-refractivity contribution is 5.68. The lowest BCUT2D eigenvalue weighted by Gasteiger charge is -2.34. The van der Waals surface area contributed by atoms with E-state index in [0.29, 0.717) is 6.04 Å². The van der Waals surface area contributed by atoms with Crippen LogP contribution in [0.4, 0.5) is 4.79 Å². The van der Waals surface area contributed by atoms with E-state index in [4.69, 9.17) is 4.74 Å². The molecule has 1 aliphatic carbocycles. The molecule has 0 radical (unpaired) electrons. The van der Waals surface area contributed by atoms with Gasteiger partial charge in [-0.1, -0.05) is 0 Å². The van der Waals surface area contributed by atoms with Gasteiger partial charge in [0, 0.05) is 17.6 Å². The quantitative estimate of drug-likeness (QED) is 0.810. The summed E-state index contributed by atoms with van der Waals surface area (Å²) in [5.41, 5.74) is -0.259. The molecule has 2 N–H and O–H groups in total. The Hall–Kier alpha value is -0.770. The molecule has 0 aromatic carbocycles. The van der Waals surface area contributed by atoms with E-state index in [1.54, 1.807) is 0 Å². The zero-order valence-electron chi connectivity index (χ0n) is 13.3. The van der Waals surface area contributed by atoms with E-state index in [9.17, 15) is 4.79 Å². The Morgan fingerprint density at radius 3 is 1.84 bits per heavy atom. The summed E-state index contributed by atoms with van der Waals surface area (Å²) in [6.45, 7) is 12.2. The molecule has 0 saturated heterocycles. The first-order chi connectivity index (χ1) is 8.55. The van der Waals surface area contributed by atoms with Crippen LogP contribution < -0.4 is 10.6 Å². The van der Waals surface area contributed by atoms with Crippen molar-refractivity contribution in [2.24, 2.45) is 0 Å². The second-order valence-corrected chi connectivity index (χ2v) is 7.59. The topological polar surface area (TPSA) is 50.4 Å². The fourth-order valence-electron chi connectivity index (χ4n) is 2.47. The van der Waals surface area contributed by atoms with Crippen molar-refractivity contribution >= 4 is 6.09 Å². The minimum atomic E-state index is -0.422. The number of rotatable bonds is 2. The number of hydrogen-bond acceptors (Lipinski definition) is 3. The standard InChI is InChI=1S/C15H30N2O2/c1-14(2,3)17-12-9-7-11(8-10-12)16-13(18)19-15(4,5)6/h11-12,17H,7-10H2,1-6H3,(H,16,18). The van der Waals surface area contributed by atoms with Crippen molar-refractivity contribution in [1.29, 1.82) is 0 Å². The predicted octanol–water partition coefficient (Wildman–Crippen LogP) is 3.21. The van der Waals surface area contributed by atoms with Crippen LogP contribution in [0, 0.1) is 0 Å². The van der Waals surface area contributed by atoms with Crippen LogP contribution in [-0.4, -0.2) is 29.3 Å². The molecule has 1 aliphatic rings. The molecule has 1 fully saturated rings. The van der Waals surface area contributed by atoms with Crippen molar-refractivity contribution in [3.05, 3.63) is 0 Å². The van der Waals surface area contributed by atoms with Crippen molar-refractivity contribution in [3.8, 4) is 0 Å². The highest BCUT2D eigenvalue weighted by atomic mass is 16.6. The molecule has 19 heavy (non-hydrogen) atoms. The van der Waals surface area contributed by atoms with Gasteiger partial charge in [-0.05, 0) is 67.2 Å². The van der Waals surface area contributed by atoms with E-state index in [2.05, 4.69) is 31.4 Å². The van der Waals surface area contributed by atoms with Gasteiger partial charge < -0.3 is 15.4 Å². The van der Waals surface area contributed by atoms with Crippen molar-refractivity contribution in [3.63, 3.8) is 0 Å². The molecule has 1 amide bonds. The number of amides is 1. The summed E-state index contributed by atoms with van der Waals surface area (Å²) in [6, 6.07) is 0.824. The zero-order valence-corrected chi connectivity index (χ0v) is 13.3. The summed E-state index contributed by atoms with van der Waals surface area (Å²) >= 11 is 0. The number of nitrogens with one attached hydrogen (secondary N) is 2. The minimum Gasteiger partial charge on any atom is -0.444 e. The maximum Gasteiger partial charge on any atom is 0.407 e. The second-order valence-electron chi connectivity index (χ2n) is 7.59. The summed E-state index contributed by atoms with van der Waals surface area (Å²) in [5, 5.41) is 6.60. The molecular weight excluding hydrogens is 240 g/mol. The Balaban J connectivity index is 2.29. The molecule has 0 heterocycles. The lowest BCUT2D eigenvalue weighted by Crippen LogP contribution is -2.48. The van der Waals surface area contributed by atoms with E-state index < -0.39 is 5.60 Å². The summed E-state index contributed by atoms with van der Waals surface area (Å²) in [4.78, 5) is 11.7. The Bertz CT molecular complexity index is 294. The predicted molar refractivity (Wildman–Crippen MR) is 78.3 cm³/mol. The van der Waals surface area contributed by atoms with Crippen LogP contribution in [0.1, 0.15) is 67.2 Å². The molecule has 0 aromatic rings. The SMILES string of the molecule is CC(C)(C)NC1CCC(NC(=O)OC(C)(C)C)CC1. The molecule has 0 atom stereocenters. The molecule has 1 saturated carbocycles. The third-order valence-corrected chi connectivity index (χ3v) is 3.09. The van der Waals surface area contributed by atoms with Crippen molar-refractivity contribution < 1.29 is 9.53 Å². The Morgan fingerprint density at radius 1 is 0.947 bits per heavy atom. The van der Waals surface area contributed by atoms with Crippen LogP contribution in [-0.2, 0) is 4.74 Å². The van der Waals surface area contributed by atoms with Gasteiger partial charge in [-0.15, -0.1) is 0 Å².